The van der Waals surface area contributed by atoms with Crippen molar-refractivity contribution in [2.75, 3.05) is 19.8 Å². The first-order valence-electron chi connectivity index (χ1n) is 9.54. The molecule has 0 spiro atoms. The average Bonchev–Trinajstić information content (AvgIpc) is 3.04. The van der Waals surface area contributed by atoms with Gasteiger partial charge in [-0.15, -0.1) is 0 Å². The normalized spacial score (nSPS) is 20.4. The Hall–Kier alpha value is -1.92. The van der Waals surface area contributed by atoms with Gasteiger partial charge in [0.2, 0.25) is 0 Å². The van der Waals surface area contributed by atoms with E-state index >= 15 is 0 Å². The lowest BCUT2D eigenvalue weighted by Gasteiger charge is -2.29. The highest BCUT2D eigenvalue weighted by molar-refractivity contribution is 6.00. The van der Waals surface area contributed by atoms with Crippen LogP contribution in [-0.4, -0.2) is 47.3 Å². The molecular weight excluding hydrogens is 330 g/mol. The summed E-state index contributed by atoms with van der Waals surface area (Å²) < 4.78 is 13.1. The van der Waals surface area contributed by atoms with Crippen LogP contribution in [0.2, 0.25) is 0 Å². The molecule has 26 heavy (non-hydrogen) atoms. The molecule has 1 N–H and O–H groups in total. The van der Waals surface area contributed by atoms with E-state index in [1.807, 2.05) is 43.5 Å². The number of fused-ring (bicyclic) bond motifs is 1. The van der Waals surface area contributed by atoms with E-state index in [1.165, 1.54) is 0 Å². The summed E-state index contributed by atoms with van der Waals surface area (Å²) in [6.07, 6.45) is 6.04. The van der Waals surface area contributed by atoms with Gasteiger partial charge in [-0.2, -0.15) is 0 Å². The van der Waals surface area contributed by atoms with Crippen LogP contribution in [0.25, 0.3) is 5.65 Å². The minimum Gasteiger partial charge on any atom is -0.379 e. The third-order valence-corrected chi connectivity index (χ3v) is 4.98. The number of aromatic nitrogens is 2. The maximum atomic E-state index is 12.7. The van der Waals surface area contributed by atoms with E-state index in [0.29, 0.717) is 18.8 Å². The second-order valence-electron chi connectivity index (χ2n) is 6.98. The molecule has 2 heterocycles. The fourth-order valence-corrected chi connectivity index (χ4v) is 3.63. The van der Waals surface area contributed by atoms with Crippen molar-refractivity contribution in [2.45, 2.75) is 58.6 Å². The molecule has 1 saturated carbocycles. The van der Waals surface area contributed by atoms with Gasteiger partial charge >= 0.3 is 0 Å². The second-order valence-corrected chi connectivity index (χ2v) is 6.98. The van der Waals surface area contributed by atoms with E-state index in [2.05, 4.69) is 10.3 Å². The summed E-state index contributed by atoms with van der Waals surface area (Å²) in [5.74, 6) is -0.0364. The Labute approximate surface area is 154 Å². The number of hydrogen-bond acceptors (Lipinski definition) is 4. The molecule has 0 radical (unpaired) electrons. The highest BCUT2D eigenvalue weighted by atomic mass is 16.5. The zero-order chi connectivity index (χ0) is 18.5. The third kappa shape index (κ3) is 4.43. The van der Waals surface area contributed by atoms with Crippen molar-refractivity contribution in [3.63, 3.8) is 0 Å². The molecule has 1 aliphatic carbocycles. The van der Waals surface area contributed by atoms with Crippen LogP contribution in [0, 0.1) is 13.8 Å². The number of aryl methyl sites for hydroxylation is 2. The predicted molar refractivity (Wildman–Crippen MR) is 101 cm³/mol. The smallest absolute Gasteiger partial charge is 0.255 e. The van der Waals surface area contributed by atoms with Crippen molar-refractivity contribution >= 4 is 11.6 Å². The SMILES string of the molecule is CCOCCO[C@H]1CC[C@H](NC(=O)c2ccn3c(C)cc(C)nc23)CC1. The fourth-order valence-electron chi connectivity index (χ4n) is 3.63. The molecule has 2 aromatic rings. The summed E-state index contributed by atoms with van der Waals surface area (Å²) in [6.45, 7) is 7.99. The van der Waals surface area contributed by atoms with Crippen LogP contribution >= 0.6 is 0 Å². The maximum Gasteiger partial charge on any atom is 0.255 e. The number of carbonyl (C=O) groups excluding carboxylic acids is 1. The Bertz CT molecular complexity index is 748. The molecule has 0 bridgehead atoms. The average molecular weight is 359 g/mol. The zero-order valence-electron chi connectivity index (χ0n) is 16.0. The topological polar surface area (TPSA) is 64.9 Å². The van der Waals surface area contributed by atoms with Crippen LogP contribution in [0.4, 0.5) is 0 Å². The lowest BCUT2D eigenvalue weighted by atomic mass is 9.93. The summed E-state index contributed by atoms with van der Waals surface area (Å²) in [5.41, 5.74) is 3.38. The molecule has 6 heteroatoms. The Morgan fingerprint density at radius 3 is 2.77 bits per heavy atom. The van der Waals surface area contributed by atoms with Crippen molar-refractivity contribution < 1.29 is 14.3 Å². The first-order valence-corrected chi connectivity index (χ1v) is 9.54. The van der Waals surface area contributed by atoms with Crippen molar-refractivity contribution in [2.24, 2.45) is 0 Å². The van der Waals surface area contributed by atoms with E-state index in [0.717, 1.165) is 49.3 Å². The third-order valence-electron chi connectivity index (χ3n) is 4.98. The molecule has 1 aliphatic rings. The van der Waals surface area contributed by atoms with Crippen LogP contribution in [0.1, 0.15) is 54.4 Å². The molecule has 1 amide bonds. The van der Waals surface area contributed by atoms with Gasteiger partial charge in [-0.05, 0) is 58.6 Å². The molecule has 6 nitrogen and oxygen atoms in total. The van der Waals surface area contributed by atoms with Crippen molar-refractivity contribution in [1.82, 2.24) is 14.7 Å². The van der Waals surface area contributed by atoms with Crippen molar-refractivity contribution in [1.29, 1.82) is 0 Å². The Kier molecular flexibility index (Phi) is 6.27. The Morgan fingerprint density at radius 2 is 2.04 bits per heavy atom. The van der Waals surface area contributed by atoms with Crippen molar-refractivity contribution in [3.8, 4) is 0 Å². The lowest BCUT2D eigenvalue weighted by molar-refractivity contribution is -0.0113. The van der Waals surface area contributed by atoms with Crippen molar-refractivity contribution in [3.05, 3.63) is 35.3 Å². The number of rotatable bonds is 7. The number of hydrogen-bond donors (Lipinski definition) is 1. The van der Waals surface area contributed by atoms with Gasteiger partial charge in [0.1, 0.15) is 5.65 Å². The number of nitrogens with zero attached hydrogens (tertiary/aromatic N) is 2. The van der Waals surface area contributed by atoms with Gasteiger partial charge in [0.15, 0.2) is 0 Å². The Balaban J connectivity index is 1.53. The molecule has 0 unspecified atom stereocenters. The summed E-state index contributed by atoms with van der Waals surface area (Å²) >= 11 is 0. The number of amides is 1. The molecule has 0 aromatic carbocycles. The van der Waals surface area contributed by atoms with E-state index in [9.17, 15) is 4.79 Å². The second kappa shape index (κ2) is 8.64. The predicted octanol–water partition coefficient (Wildman–Crippen LogP) is 3.05. The number of nitrogens with one attached hydrogen (secondary N) is 1. The summed E-state index contributed by atoms with van der Waals surface area (Å²) in [5, 5.41) is 3.18. The van der Waals surface area contributed by atoms with Crippen LogP contribution in [0.15, 0.2) is 18.3 Å². The van der Waals surface area contributed by atoms with Crippen LogP contribution in [0.3, 0.4) is 0 Å². The molecule has 2 aromatic heterocycles. The highest BCUT2D eigenvalue weighted by Crippen LogP contribution is 2.22. The van der Waals surface area contributed by atoms with E-state index in [1.54, 1.807) is 0 Å². The minimum absolute atomic E-state index is 0.0364. The zero-order valence-corrected chi connectivity index (χ0v) is 16.0. The maximum absolute atomic E-state index is 12.7. The highest BCUT2D eigenvalue weighted by Gasteiger charge is 2.24. The molecular formula is C20H29N3O3. The first-order chi connectivity index (χ1) is 12.6. The molecule has 142 valence electrons. The lowest BCUT2D eigenvalue weighted by Crippen LogP contribution is -2.39. The quantitative estimate of drug-likeness (QED) is 0.772. The van der Waals surface area contributed by atoms with Gasteiger partial charge in [0.05, 0.1) is 24.9 Å². The van der Waals surface area contributed by atoms with Crippen LogP contribution in [-0.2, 0) is 9.47 Å². The first kappa shape index (κ1) is 18.9. The molecule has 1 fully saturated rings. The van der Waals surface area contributed by atoms with Crippen LogP contribution < -0.4 is 5.32 Å². The van der Waals surface area contributed by atoms with Gasteiger partial charge in [-0.1, -0.05) is 0 Å². The van der Waals surface area contributed by atoms with E-state index < -0.39 is 0 Å². The molecule has 0 saturated heterocycles. The van der Waals surface area contributed by atoms with Gasteiger partial charge in [-0.3, -0.25) is 4.79 Å². The largest absolute Gasteiger partial charge is 0.379 e. The Morgan fingerprint density at radius 1 is 1.27 bits per heavy atom. The monoisotopic (exact) mass is 359 g/mol. The number of carbonyl (C=O) groups is 1. The molecule has 0 aliphatic heterocycles. The summed E-state index contributed by atoms with van der Waals surface area (Å²) in [6, 6.07) is 4.07. The molecule has 3 rings (SSSR count). The van der Waals surface area contributed by atoms with E-state index in [-0.39, 0.29) is 18.1 Å². The fraction of sp³-hybridized carbons (Fsp3) is 0.600. The van der Waals surface area contributed by atoms with Gasteiger partial charge < -0.3 is 19.2 Å². The number of ether oxygens (including phenoxy) is 2. The van der Waals surface area contributed by atoms with E-state index in [4.69, 9.17) is 9.47 Å². The van der Waals surface area contributed by atoms with Gasteiger partial charge in [0, 0.05) is 30.2 Å². The standard InChI is InChI=1S/C20H29N3O3/c1-4-25-11-12-26-17-7-5-16(6-8-17)22-20(24)18-9-10-23-15(3)13-14(2)21-19(18)23/h9-10,13,16-17H,4-8,11-12H2,1-3H3,(H,22,24)/t16-,17-. The summed E-state index contributed by atoms with van der Waals surface area (Å²) in [4.78, 5) is 17.3. The van der Waals surface area contributed by atoms with Gasteiger partial charge in [0.25, 0.3) is 5.91 Å². The molecule has 0 atom stereocenters. The summed E-state index contributed by atoms with van der Waals surface area (Å²) in [7, 11) is 0. The van der Waals surface area contributed by atoms with Crippen LogP contribution in [0.5, 0.6) is 0 Å². The minimum atomic E-state index is -0.0364. The van der Waals surface area contributed by atoms with Gasteiger partial charge in [-0.25, -0.2) is 4.98 Å².